The zero-order valence-electron chi connectivity index (χ0n) is 14.3. The second kappa shape index (κ2) is 7.90. The highest BCUT2D eigenvalue weighted by Crippen LogP contribution is 2.30. The third-order valence-corrected chi connectivity index (χ3v) is 3.66. The van der Waals surface area contributed by atoms with Crippen LogP contribution in [0.4, 0.5) is 30.6 Å². The van der Waals surface area contributed by atoms with E-state index in [1.165, 1.54) is 18.3 Å². The van der Waals surface area contributed by atoms with Crippen LogP contribution in [0.1, 0.15) is 11.1 Å². The van der Waals surface area contributed by atoms with Crippen LogP contribution in [-0.2, 0) is 12.7 Å². The molecule has 27 heavy (non-hydrogen) atoms. The summed E-state index contributed by atoms with van der Waals surface area (Å²) >= 11 is 0. The van der Waals surface area contributed by atoms with Gasteiger partial charge in [0.25, 0.3) is 0 Å². The van der Waals surface area contributed by atoms with Gasteiger partial charge in [0, 0.05) is 12.2 Å². The lowest BCUT2D eigenvalue weighted by atomic mass is 10.2. The van der Waals surface area contributed by atoms with Gasteiger partial charge in [-0.25, -0.2) is 0 Å². The largest absolute Gasteiger partial charge is 0.497 e. The summed E-state index contributed by atoms with van der Waals surface area (Å²) in [6.45, 7) is 0.516. The van der Waals surface area contributed by atoms with Crippen LogP contribution in [0.25, 0.3) is 0 Å². The molecule has 0 aliphatic heterocycles. The maximum absolute atomic E-state index is 12.6. The van der Waals surface area contributed by atoms with Crippen molar-refractivity contribution in [1.82, 2.24) is 15.2 Å². The molecule has 0 amide bonds. The second-order valence-electron chi connectivity index (χ2n) is 5.57. The van der Waals surface area contributed by atoms with E-state index in [0.717, 1.165) is 23.4 Å². The molecule has 3 rings (SSSR count). The first-order valence-corrected chi connectivity index (χ1v) is 7.95. The number of ether oxygens (including phenoxy) is 1. The van der Waals surface area contributed by atoms with Gasteiger partial charge in [-0.1, -0.05) is 12.1 Å². The van der Waals surface area contributed by atoms with Crippen molar-refractivity contribution in [3.05, 3.63) is 65.9 Å². The lowest BCUT2D eigenvalue weighted by Gasteiger charge is -2.10. The highest BCUT2D eigenvalue weighted by molar-refractivity contribution is 5.54. The van der Waals surface area contributed by atoms with Crippen molar-refractivity contribution >= 4 is 17.5 Å². The number of aromatic nitrogens is 3. The van der Waals surface area contributed by atoms with E-state index in [-0.39, 0.29) is 5.95 Å². The summed E-state index contributed by atoms with van der Waals surface area (Å²) in [5.74, 6) is 1.43. The molecule has 6 nitrogen and oxygen atoms in total. The molecule has 0 atom stereocenters. The fourth-order valence-corrected chi connectivity index (χ4v) is 2.25. The maximum Gasteiger partial charge on any atom is 0.416 e. The Morgan fingerprint density at radius 2 is 1.70 bits per heavy atom. The number of alkyl halides is 3. The van der Waals surface area contributed by atoms with Gasteiger partial charge >= 0.3 is 6.18 Å². The third-order valence-electron chi connectivity index (χ3n) is 3.66. The SMILES string of the molecule is COc1ccc(CNc2cnnc(Nc3ccc(C(F)(F)F)cc3)n2)cc1. The number of methoxy groups -OCH3 is 1. The average Bonchev–Trinajstić information content (AvgIpc) is 2.67. The van der Waals surface area contributed by atoms with Crippen molar-refractivity contribution in [3.8, 4) is 5.75 Å². The highest BCUT2D eigenvalue weighted by Gasteiger charge is 2.29. The van der Waals surface area contributed by atoms with E-state index in [1.54, 1.807) is 7.11 Å². The molecule has 9 heteroatoms. The number of halogens is 3. The van der Waals surface area contributed by atoms with Crippen molar-refractivity contribution in [1.29, 1.82) is 0 Å². The van der Waals surface area contributed by atoms with Crippen molar-refractivity contribution in [2.45, 2.75) is 12.7 Å². The van der Waals surface area contributed by atoms with Crippen LogP contribution in [0.15, 0.2) is 54.7 Å². The molecule has 140 valence electrons. The first kappa shape index (κ1) is 18.4. The molecular formula is C18H16F3N5O. The van der Waals surface area contributed by atoms with E-state index in [0.29, 0.717) is 18.1 Å². The molecule has 0 radical (unpaired) electrons. The molecule has 0 spiro atoms. The van der Waals surface area contributed by atoms with E-state index in [9.17, 15) is 13.2 Å². The predicted octanol–water partition coefficient (Wildman–Crippen LogP) is 4.25. The second-order valence-corrected chi connectivity index (χ2v) is 5.57. The van der Waals surface area contributed by atoms with Gasteiger partial charge in [0.15, 0.2) is 5.82 Å². The summed E-state index contributed by atoms with van der Waals surface area (Å²) in [7, 11) is 1.60. The lowest BCUT2D eigenvalue weighted by molar-refractivity contribution is -0.137. The number of rotatable bonds is 6. The molecule has 0 bridgehead atoms. The molecule has 0 unspecified atom stereocenters. The van der Waals surface area contributed by atoms with Crippen molar-refractivity contribution in [3.63, 3.8) is 0 Å². The smallest absolute Gasteiger partial charge is 0.416 e. The number of nitrogens with zero attached hydrogens (tertiary/aromatic N) is 3. The highest BCUT2D eigenvalue weighted by atomic mass is 19.4. The fourth-order valence-electron chi connectivity index (χ4n) is 2.25. The molecule has 2 N–H and O–H groups in total. The minimum atomic E-state index is -4.37. The van der Waals surface area contributed by atoms with Gasteiger partial charge < -0.3 is 15.4 Å². The quantitative estimate of drug-likeness (QED) is 0.671. The van der Waals surface area contributed by atoms with Gasteiger partial charge in [-0.05, 0) is 42.0 Å². The number of hydrogen-bond acceptors (Lipinski definition) is 6. The molecule has 0 saturated heterocycles. The minimum absolute atomic E-state index is 0.175. The summed E-state index contributed by atoms with van der Waals surface area (Å²) in [6.07, 6.45) is -2.91. The summed E-state index contributed by atoms with van der Waals surface area (Å²) in [6, 6.07) is 12.1. The lowest BCUT2D eigenvalue weighted by Crippen LogP contribution is -2.06. The average molecular weight is 375 g/mol. The number of anilines is 3. The molecule has 0 aliphatic carbocycles. The standard InChI is InChI=1S/C18H16F3N5O/c1-27-15-8-2-12(3-9-15)10-22-16-11-23-26-17(25-16)24-14-6-4-13(5-7-14)18(19,20)21/h2-9,11H,10H2,1H3,(H2,22,24,25,26). The Balaban J connectivity index is 1.62. The van der Waals surface area contributed by atoms with Gasteiger partial charge in [-0.3, -0.25) is 0 Å². The zero-order valence-corrected chi connectivity index (χ0v) is 14.3. The van der Waals surface area contributed by atoms with Crippen LogP contribution < -0.4 is 15.4 Å². The Labute approximate surface area is 153 Å². The number of benzene rings is 2. The molecule has 0 fully saturated rings. The zero-order chi connectivity index (χ0) is 19.3. The van der Waals surface area contributed by atoms with Crippen LogP contribution in [0, 0.1) is 0 Å². The van der Waals surface area contributed by atoms with Gasteiger partial charge in [0.05, 0.1) is 18.9 Å². The van der Waals surface area contributed by atoms with Gasteiger partial charge in [0.1, 0.15) is 5.75 Å². The van der Waals surface area contributed by atoms with Crippen LogP contribution in [0.5, 0.6) is 5.75 Å². The molecule has 2 aromatic carbocycles. The van der Waals surface area contributed by atoms with Crippen LogP contribution >= 0.6 is 0 Å². The first-order chi connectivity index (χ1) is 12.9. The summed E-state index contributed by atoms with van der Waals surface area (Å²) in [5.41, 5.74) is 0.728. The monoisotopic (exact) mass is 375 g/mol. The molecule has 0 aliphatic rings. The van der Waals surface area contributed by atoms with Crippen LogP contribution in [-0.4, -0.2) is 22.3 Å². The topological polar surface area (TPSA) is 72.0 Å². The normalized spacial score (nSPS) is 11.1. The van der Waals surface area contributed by atoms with Crippen molar-refractivity contribution < 1.29 is 17.9 Å². The number of nitrogens with one attached hydrogen (secondary N) is 2. The Morgan fingerprint density at radius 3 is 2.33 bits per heavy atom. The maximum atomic E-state index is 12.6. The summed E-state index contributed by atoms with van der Waals surface area (Å²) in [4.78, 5) is 4.25. The molecule has 1 heterocycles. The van der Waals surface area contributed by atoms with Crippen LogP contribution in [0.3, 0.4) is 0 Å². The predicted molar refractivity (Wildman–Crippen MR) is 94.9 cm³/mol. The van der Waals surface area contributed by atoms with Crippen molar-refractivity contribution in [2.24, 2.45) is 0 Å². The number of hydrogen-bond donors (Lipinski definition) is 2. The molecule has 1 aromatic heterocycles. The van der Waals surface area contributed by atoms with E-state index in [4.69, 9.17) is 4.74 Å². The molecular weight excluding hydrogens is 359 g/mol. The minimum Gasteiger partial charge on any atom is -0.497 e. The van der Waals surface area contributed by atoms with E-state index in [2.05, 4.69) is 25.8 Å². The molecule has 3 aromatic rings. The van der Waals surface area contributed by atoms with Gasteiger partial charge in [-0.15, -0.1) is 5.10 Å². The van der Waals surface area contributed by atoms with Crippen LogP contribution in [0.2, 0.25) is 0 Å². The first-order valence-electron chi connectivity index (χ1n) is 7.95. The van der Waals surface area contributed by atoms with E-state index >= 15 is 0 Å². The Kier molecular flexibility index (Phi) is 5.39. The fraction of sp³-hybridized carbons (Fsp3) is 0.167. The summed E-state index contributed by atoms with van der Waals surface area (Å²) in [5, 5.41) is 13.6. The summed E-state index contributed by atoms with van der Waals surface area (Å²) < 4.78 is 42.9. The Bertz CT molecular complexity index is 883. The van der Waals surface area contributed by atoms with Crippen molar-refractivity contribution in [2.75, 3.05) is 17.7 Å². The van der Waals surface area contributed by atoms with E-state index < -0.39 is 11.7 Å². The van der Waals surface area contributed by atoms with E-state index in [1.807, 2.05) is 24.3 Å². The Morgan fingerprint density at radius 1 is 1.00 bits per heavy atom. The van der Waals surface area contributed by atoms with Gasteiger partial charge in [0.2, 0.25) is 5.95 Å². The molecule has 0 saturated carbocycles. The third kappa shape index (κ3) is 5.06. The van der Waals surface area contributed by atoms with Gasteiger partial charge in [-0.2, -0.15) is 23.3 Å². The Hall–Kier alpha value is -3.36.